The van der Waals surface area contributed by atoms with Crippen molar-refractivity contribution in [3.63, 3.8) is 0 Å². The highest BCUT2D eigenvalue weighted by atomic mass is 32.2. The van der Waals surface area contributed by atoms with Gasteiger partial charge in [0.15, 0.2) is 9.84 Å². The molecule has 6 nitrogen and oxygen atoms in total. The highest BCUT2D eigenvalue weighted by Gasteiger charge is 2.24. The van der Waals surface area contributed by atoms with Gasteiger partial charge in [0.1, 0.15) is 5.25 Å². The van der Waals surface area contributed by atoms with Crippen molar-refractivity contribution in [2.45, 2.75) is 12.2 Å². The maximum Gasteiger partial charge on any atom is 0.336 e. The van der Waals surface area contributed by atoms with Gasteiger partial charge in [0.2, 0.25) is 5.91 Å². The van der Waals surface area contributed by atoms with Crippen LogP contribution in [-0.2, 0) is 14.6 Å². The number of rotatable bonds is 4. The summed E-state index contributed by atoms with van der Waals surface area (Å²) in [4.78, 5) is 22.1. The van der Waals surface area contributed by atoms with Crippen LogP contribution in [0.2, 0.25) is 0 Å². The van der Waals surface area contributed by atoms with Gasteiger partial charge in [-0.1, -0.05) is 0 Å². The molecule has 8 heteroatoms. The molecule has 2 N–H and O–H groups in total. The van der Waals surface area contributed by atoms with Gasteiger partial charge in [-0.3, -0.25) is 4.79 Å². The second kappa shape index (κ2) is 4.84. The van der Waals surface area contributed by atoms with Crippen molar-refractivity contribution in [2.24, 2.45) is 0 Å². The van der Waals surface area contributed by atoms with Crippen LogP contribution in [0.15, 0.2) is 11.4 Å². The predicted octanol–water partition coefficient (Wildman–Crippen LogP) is 0.818. The van der Waals surface area contributed by atoms with Crippen LogP contribution in [0.4, 0.5) is 5.00 Å². The number of aromatic carboxylic acids is 1. The first-order valence-corrected chi connectivity index (χ1v) is 7.37. The minimum atomic E-state index is -3.46. The first-order valence-electron chi connectivity index (χ1n) is 4.53. The summed E-state index contributed by atoms with van der Waals surface area (Å²) in [7, 11) is -3.46. The van der Waals surface area contributed by atoms with Crippen molar-refractivity contribution in [3.8, 4) is 0 Å². The van der Waals surface area contributed by atoms with Crippen molar-refractivity contribution < 1.29 is 23.1 Å². The standard InChI is InChI=1S/C9H11NO5S2/c1-5(17(2,14)15)8(11)10-7-3-6(4-16-7)9(12)13/h3-5H,1-2H3,(H,10,11)(H,12,13). The fourth-order valence-electron chi connectivity index (χ4n) is 0.931. The molecule has 0 radical (unpaired) electrons. The van der Waals surface area contributed by atoms with E-state index in [9.17, 15) is 18.0 Å². The lowest BCUT2D eigenvalue weighted by molar-refractivity contribution is -0.115. The van der Waals surface area contributed by atoms with Crippen LogP contribution < -0.4 is 5.32 Å². The number of hydrogen-bond acceptors (Lipinski definition) is 5. The van der Waals surface area contributed by atoms with Gasteiger partial charge in [-0.15, -0.1) is 11.3 Å². The Bertz CT molecular complexity index is 545. The van der Waals surface area contributed by atoms with E-state index in [2.05, 4.69) is 5.32 Å². The molecule has 1 aromatic heterocycles. The molecule has 1 aromatic rings. The highest BCUT2D eigenvalue weighted by molar-refractivity contribution is 7.92. The molecule has 1 unspecified atom stereocenters. The monoisotopic (exact) mass is 277 g/mol. The van der Waals surface area contributed by atoms with Gasteiger partial charge in [0.25, 0.3) is 0 Å². The first kappa shape index (κ1) is 13.7. The summed E-state index contributed by atoms with van der Waals surface area (Å²) in [6.45, 7) is 1.27. The fraction of sp³-hybridized carbons (Fsp3) is 0.333. The Morgan fingerprint density at radius 2 is 2.06 bits per heavy atom. The molecule has 0 saturated heterocycles. The summed E-state index contributed by atoms with van der Waals surface area (Å²) in [5.41, 5.74) is 0.0531. The molecule has 1 amide bonds. The second-order valence-electron chi connectivity index (χ2n) is 3.47. The van der Waals surface area contributed by atoms with E-state index in [0.29, 0.717) is 5.00 Å². The second-order valence-corrected chi connectivity index (χ2v) is 6.74. The lowest BCUT2D eigenvalue weighted by atomic mass is 10.3. The molecular weight excluding hydrogens is 266 g/mol. The Balaban J connectivity index is 2.78. The molecular formula is C9H11NO5S2. The average Bonchev–Trinajstić information content (AvgIpc) is 2.63. The number of carbonyl (C=O) groups is 2. The van der Waals surface area contributed by atoms with Crippen LogP contribution in [0, 0.1) is 0 Å². The summed E-state index contributed by atoms with van der Waals surface area (Å²) in [6.07, 6.45) is 0.967. The molecule has 17 heavy (non-hydrogen) atoms. The molecule has 0 aromatic carbocycles. The lowest BCUT2D eigenvalue weighted by Gasteiger charge is -2.08. The molecule has 0 bridgehead atoms. The molecule has 0 fully saturated rings. The normalized spacial score (nSPS) is 13.1. The zero-order valence-electron chi connectivity index (χ0n) is 9.13. The van der Waals surface area contributed by atoms with Gasteiger partial charge < -0.3 is 10.4 Å². The Morgan fingerprint density at radius 3 is 2.47 bits per heavy atom. The summed E-state index contributed by atoms with van der Waals surface area (Å²) >= 11 is 1.03. The van der Waals surface area contributed by atoms with Crippen molar-refractivity contribution in [2.75, 3.05) is 11.6 Å². The SMILES string of the molecule is CC(C(=O)Nc1cc(C(=O)O)cs1)S(C)(=O)=O. The maximum absolute atomic E-state index is 11.5. The molecule has 0 aliphatic heterocycles. The van der Waals surface area contributed by atoms with Gasteiger partial charge >= 0.3 is 5.97 Å². The number of anilines is 1. The fourth-order valence-corrected chi connectivity index (χ4v) is 2.16. The van der Waals surface area contributed by atoms with Crippen molar-refractivity contribution in [1.82, 2.24) is 0 Å². The third-order valence-electron chi connectivity index (χ3n) is 2.10. The van der Waals surface area contributed by atoms with E-state index >= 15 is 0 Å². The third kappa shape index (κ3) is 3.53. The first-order chi connectivity index (χ1) is 7.71. The largest absolute Gasteiger partial charge is 0.478 e. The van der Waals surface area contributed by atoms with Gasteiger partial charge in [-0.25, -0.2) is 13.2 Å². The number of nitrogens with one attached hydrogen (secondary N) is 1. The van der Waals surface area contributed by atoms with Crippen LogP contribution in [0.5, 0.6) is 0 Å². The maximum atomic E-state index is 11.5. The predicted molar refractivity (Wildman–Crippen MR) is 64.2 cm³/mol. The molecule has 0 saturated carbocycles. The topological polar surface area (TPSA) is 101 Å². The van der Waals surface area contributed by atoms with Gasteiger partial charge in [0.05, 0.1) is 10.6 Å². The van der Waals surface area contributed by atoms with E-state index in [0.717, 1.165) is 17.6 Å². The average molecular weight is 277 g/mol. The zero-order chi connectivity index (χ0) is 13.2. The Hall–Kier alpha value is -1.41. The van der Waals surface area contributed by atoms with Crippen LogP contribution in [0.3, 0.4) is 0 Å². The minimum Gasteiger partial charge on any atom is -0.478 e. The molecule has 1 rings (SSSR count). The smallest absolute Gasteiger partial charge is 0.336 e. The van der Waals surface area contributed by atoms with E-state index in [4.69, 9.17) is 5.11 Å². The number of carboxylic acids is 1. The van der Waals surface area contributed by atoms with E-state index in [1.54, 1.807) is 0 Å². The van der Waals surface area contributed by atoms with Gasteiger partial charge in [0, 0.05) is 11.6 Å². The van der Waals surface area contributed by atoms with Crippen molar-refractivity contribution in [3.05, 3.63) is 17.0 Å². The van der Waals surface area contributed by atoms with E-state index < -0.39 is 27.0 Å². The quantitative estimate of drug-likeness (QED) is 0.848. The number of thiophene rings is 1. The molecule has 1 atom stereocenters. The van der Waals surface area contributed by atoms with Crippen LogP contribution in [-0.4, -0.2) is 36.9 Å². The number of carbonyl (C=O) groups excluding carboxylic acids is 1. The number of hydrogen-bond donors (Lipinski definition) is 2. The Labute approximate surface area is 102 Å². The van der Waals surface area contributed by atoms with E-state index in [1.165, 1.54) is 18.4 Å². The molecule has 0 spiro atoms. The number of sulfone groups is 1. The van der Waals surface area contributed by atoms with E-state index in [1.807, 2.05) is 0 Å². The molecule has 0 aliphatic rings. The summed E-state index contributed by atoms with van der Waals surface area (Å²) < 4.78 is 22.2. The Kier molecular flexibility index (Phi) is 3.89. The summed E-state index contributed by atoms with van der Waals surface area (Å²) in [5, 5.41) is 11.5. The minimum absolute atomic E-state index is 0.0531. The van der Waals surface area contributed by atoms with Gasteiger partial charge in [-0.2, -0.15) is 0 Å². The number of carboxylic acid groups (broad SMARTS) is 1. The van der Waals surface area contributed by atoms with Crippen molar-refractivity contribution >= 4 is 38.1 Å². The number of amides is 1. The zero-order valence-corrected chi connectivity index (χ0v) is 10.8. The Morgan fingerprint density at radius 1 is 1.47 bits per heavy atom. The lowest BCUT2D eigenvalue weighted by Crippen LogP contribution is -2.31. The van der Waals surface area contributed by atoms with Crippen molar-refractivity contribution in [1.29, 1.82) is 0 Å². The summed E-state index contributed by atoms with van der Waals surface area (Å²) in [6, 6.07) is 1.28. The van der Waals surface area contributed by atoms with Crippen LogP contribution in [0.1, 0.15) is 17.3 Å². The molecule has 1 heterocycles. The van der Waals surface area contributed by atoms with Crippen LogP contribution in [0.25, 0.3) is 0 Å². The highest BCUT2D eigenvalue weighted by Crippen LogP contribution is 2.20. The summed E-state index contributed by atoms with van der Waals surface area (Å²) in [5.74, 6) is -1.77. The van der Waals surface area contributed by atoms with E-state index in [-0.39, 0.29) is 5.56 Å². The third-order valence-corrected chi connectivity index (χ3v) is 4.45. The van der Waals surface area contributed by atoms with Gasteiger partial charge in [-0.05, 0) is 13.0 Å². The van der Waals surface area contributed by atoms with Crippen LogP contribution >= 0.6 is 11.3 Å². The molecule has 94 valence electrons. The molecule has 0 aliphatic carbocycles.